The monoisotopic (exact) mass is 431 g/mol. The van der Waals surface area contributed by atoms with Crippen LogP contribution in [0.1, 0.15) is 74.5 Å². The van der Waals surface area contributed by atoms with Gasteiger partial charge < -0.3 is 5.32 Å². The van der Waals surface area contributed by atoms with Crippen molar-refractivity contribution < 1.29 is 13.2 Å². The number of aromatic nitrogens is 2. The minimum absolute atomic E-state index is 0.0184. The fourth-order valence-corrected chi connectivity index (χ4v) is 5.51. The van der Waals surface area contributed by atoms with E-state index in [1.165, 1.54) is 6.26 Å². The zero-order valence-corrected chi connectivity index (χ0v) is 19.5. The zero-order chi connectivity index (χ0) is 22.1. The average Bonchev–Trinajstić information content (AvgIpc) is 3.01. The Hall–Kier alpha value is -2.15. The van der Waals surface area contributed by atoms with Crippen molar-refractivity contribution in [1.29, 1.82) is 0 Å². The minimum Gasteiger partial charge on any atom is -0.349 e. The Morgan fingerprint density at radius 3 is 2.27 bits per heavy atom. The van der Waals surface area contributed by atoms with Crippen LogP contribution in [0, 0.1) is 13.8 Å². The molecule has 1 N–H and O–H groups in total. The molecule has 1 amide bonds. The predicted octanol–water partition coefficient (Wildman–Crippen LogP) is 4.00. The van der Waals surface area contributed by atoms with Crippen molar-refractivity contribution >= 4 is 15.7 Å². The summed E-state index contributed by atoms with van der Waals surface area (Å²) >= 11 is 0. The van der Waals surface area contributed by atoms with Crippen LogP contribution in [0.2, 0.25) is 0 Å². The number of sulfone groups is 1. The maximum atomic E-state index is 13.6. The Bertz CT molecular complexity index is 1020. The molecule has 30 heavy (non-hydrogen) atoms. The summed E-state index contributed by atoms with van der Waals surface area (Å²) in [6, 6.07) is 6.73. The zero-order valence-electron chi connectivity index (χ0n) is 18.7. The van der Waals surface area contributed by atoms with Gasteiger partial charge in [0.25, 0.3) is 0 Å². The summed E-state index contributed by atoms with van der Waals surface area (Å²) in [7, 11) is -3.26. The molecule has 1 aliphatic carbocycles. The van der Waals surface area contributed by atoms with Crippen molar-refractivity contribution in [3.05, 3.63) is 46.8 Å². The Balaban J connectivity index is 1.92. The van der Waals surface area contributed by atoms with Crippen LogP contribution in [-0.2, 0) is 26.6 Å². The van der Waals surface area contributed by atoms with Crippen LogP contribution in [0.4, 0.5) is 0 Å². The second-order valence-corrected chi connectivity index (χ2v) is 10.6. The lowest BCUT2D eigenvalue weighted by molar-refractivity contribution is -0.128. The smallest absolute Gasteiger partial charge is 0.231 e. The van der Waals surface area contributed by atoms with E-state index in [4.69, 9.17) is 0 Å². The van der Waals surface area contributed by atoms with Crippen molar-refractivity contribution in [2.45, 2.75) is 82.7 Å². The van der Waals surface area contributed by atoms with Gasteiger partial charge in [-0.1, -0.05) is 31.4 Å². The molecule has 1 fully saturated rings. The number of benzene rings is 1. The largest absolute Gasteiger partial charge is 0.349 e. The number of nitrogens with zero attached hydrogens (tertiary/aromatic N) is 2. The van der Waals surface area contributed by atoms with E-state index in [0.717, 1.165) is 61.2 Å². The first kappa shape index (κ1) is 22.5. The molecule has 0 saturated heterocycles. The Kier molecular flexibility index (Phi) is 6.41. The molecule has 1 atom stereocenters. The highest BCUT2D eigenvalue weighted by molar-refractivity contribution is 7.90. The SMILES string of the molecule is CCn1nc(C)c(C(C)NC(=O)C2(c3ccc(S(C)(=O)=O)cc3)CCCCC2)c1C. The first-order chi connectivity index (χ1) is 14.1. The molecule has 0 aliphatic heterocycles. The first-order valence-corrected chi connectivity index (χ1v) is 12.6. The second kappa shape index (κ2) is 8.53. The predicted molar refractivity (Wildman–Crippen MR) is 118 cm³/mol. The van der Waals surface area contributed by atoms with Crippen LogP contribution in [0.15, 0.2) is 29.2 Å². The average molecular weight is 432 g/mol. The lowest BCUT2D eigenvalue weighted by atomic mass is 9.68. The highest BCUT2D eigenvalue weighted by atomic mass is 32.2. The van der Waals surface area contributed by atoms with Crippen LogP contribution >= 0.6 is 0 Å². The Morgan fingerprint density at radius 1 is 1.17 bits per heavy atom. The first-order valence-electron chi connectivity index (χ1n) is 10.8. The summed E-state index contributed by atoms with van der Waals surface area (Å²) in [5.74, 6) is 0.0184. The number of nitrogens with one attached hydrogen (secondary N) is 1. The van der Waals surface area contributed by atoms with Crippen LogP contribution in [0.25, 0.3) is 0 Å². The number of rotatable bonds is 6. The van der Waals surface area contributed by atoms with E-state index in [2.05, 4.69) is 17.3 Å². The third-order valence-electron chi connectivity index (χ3n) is 6.49. The lowest BCUT2D eigenvalue weighted by Crippen LogP contribution is -2.46. The molecule has 0 bridgehead atoms. The molecule has 1 aromatic carbocycles. The van der Waals surface area contributed by atoms with Gasteiger partial charge >= 0.3 is 0 Å². The van der Waals surface area contributed by atoms with Gasteiger partial charge in [-0.15, -0.1) is 0 Å². The summed E-state index contributed by atoms with van der Waals surface area (Å²) in [5.41, 5.74) is 3.38. The summed E-state index contributed by atoms with van der Waals surface area (Å²) in [6.07, 6.45) is 5.84. The van der Waals surface area contributed by atoms with E-state index in [-0.39, 0.29) is 16.8 Å². The second-order valence-electron chi connectivity index (χ2n) is 8.53. The molecule has 1 aromatic heterocycles. The topological polar surface area (TPSA) is 81.1 Å². The van der Waals surface area contributed by atoms with Gasteiger partial charge in [0, 0.05) is 24.1 Å². The molecule has 6 nitrogen and oxygen atoms in total. The van der Waals surface area contributed by atoms with Crippen molar-refractivity contribution in [3.63, 3.8) is 0 Å². The van der Waals surface area contributed by atoms with E-state index in [1.807, 2.05) is 37.6 Å². The van der Waals surface area contributed by atoms with Gasteiger partial charge in [-0.2, -0.15) is 5.10 Å². The standard InChI is InChI=1S/C23H33N3O3S/c1-6-26-18(4)21(17(3)25-26)16(2)24-22(27)23(14-8-7-9-15-23)19-10-12-20(13-11-19)30(5,28)29/h10-13,16H,6-9,14-15H2,1-5H3,(H,24,27). The van der Waals surface area contributed by atoms with Crippen LogP contribution in [0.5, 0.6) is 0 Å². The lowest BCUT2D eigenvalue weighted by Gasteiger charge is -2.37. The molecule has 1 saturated carbocycles. The molecule has 0 spiro atoms. The summed E-state index contributed by atoms with van der Waals surface area (Å²) in [6.45, 7) is 8.89. The Labute approximate surface area is 180 Å². The molecule has 1 heterocycles. The van der Waals surface area contributed by atoms with E-state index >= 15 is 0 Å². The van der Waals surface area contributed by atoms with Gasteiger partial charge in [0.05, 0.1) is 22.0 Å². The normalized spacial score (nSPS) is 17.5. The van der Waals surface area contributed by atoms with Crippen LogP contribution < -0.4 is 5.32 Å². The summed E-state index contributed by atoms with van der Waals surface area (Å²) < 4.78 is 25.6. The van der Waals surface area contributed by atoms with E-state index in [9.17, 15) is 13.2 Å². The summed E-state index contributed by atoms with van der Waals surface area (Å²) in [4.78, 5) is 13.9. The fourth-order valence-electron chi connectivity index (χ4n) is 4.88. The molecule has 1 aliphatic rings. The number of aryl methyl sites for hydroxylation is 2. The van der Waals surface area contributed by atoms with Crippen molar-refractivity contribution in [1.82, 2.24) is 15.1 Å². The molecular formula is C23H33N3O3S. The molecular weight excluding hydrogens is 398 g/mol. The highest BCUT2D eigenvalue weighted by Crippen LogP contribution is 2.40. The van der Waals surface area contributed by atoms with Crippen molar-refractivity contribution in [3.8, 4) is 0 Å². The van der Waals surface area contributed by atoms with Crippen molar-refractivity contribution in [2.75, 3.05) is 6.26 Å². The minimum atomic E-state index is -3.26. The van der Waals surface area contributed by atoms with Gasteiger partial charge in [-0.3, -0.25) is 9.48 Å². The number of hydrogen-bond donors (Lipinski definition) is 1. The van der Waals surface area contributed by atoms with E-state index in [1.54, 1.807) is 12.1 Å². The third kappa shape index (κ3) is 4.17. The molecule has 164 valence electrons. The number of carbonyl (C=O) groups excluding carboxylic acids is 1. The molecule has 0 radical (unpaired) electrons. The van der Waals surface area contributed by atoms with Gasteiger partial charge in [0.15, 0.2) is 9.84 Å². The highest BCUT2D eigenvalue weighted by Gasteiger charge is 2.42. The summed E-state index contributed by atoms with van der Waals surface area (Å²) in [5, 5.41) is 7.84. The van der Waals surface area contributed by atoms with Gasteiger partial charge in [-0.05, 0) is 58.2 Å². The molecule has 2 aromatic rings. The van der Waals surface area contributed by atoms with E-state index < -0.39 is 15.3 Å². The third-order valence-corrected chi connectivity index (χ3v) is 7.62. The molecule has 1 unspecified atom stereocenters. The van der Waals surface area contributed by atoms with Gasteiger partial charge in [0.2, 0.25) is 5.91 Å². The quantitative estimate of drug-likeness (QED) is 0.749. The fraction of sp³-hybridized carbons (Fsp3) is 0.565. The van der Waals surface area contributed by atoms with Crippen molar-refractivity contribution in [2.24, 2.45) is 0 Å². The number of hydrogen-bond acceptors (Lipinski definition) is 4. The van der Waals surface area contributed by atoms with E-state index in [0.29, 0.717) is 0 Å². The molecule has 3 rings (SSSR count). The maximum absolute atomic E-state index is 13.6. The van der Waals surface area contributed by atoms with Crippen LogP contribution in [0.3, 0.4) is 0 Å². The number of amides is 1. The maximum Gasteiger partial charge on any atom is 0.231 e. The van der Waals surface area contributed by atoms with Gasteiger partial charge in [0.1, 0.15) is 0 Å². The molecule has 7 heteroatoms. The van der Waals surface area contributed by atoms with Crippen LogP contribution in [-0.4, -0.2) is 30.4 Å². The number of carbonyl (C=O) groups is 1. The Morgan fingerprint density at radius 2 is 1.77 bits per heavy atom. The van der Waals surface area contributed by atoms with Gasteiger partial charge in [-0.25, -0.2) is 8.42 Å².